The van der Waals surface area contributed by atoms with E-state index in [1.54, 1.807) is 19.1 Å². The monoisotopic (exact) mass is 381 g/mol. The molecule has 148 valence electrons. The molecule has 0 aliphatic carbocycles. The predicted molar refractivity (Wildman–Crippen MR) is 110 cm³/mol. The van der Waals surface area contributed by atoms with Crippen molar-refractivity contribution in [2.75, 3.05) is 38.5 Å². The molecular weight excluding hydrogens is 354 g/mol. The van der Waals surface area contributed by atoms with Crippen LogP contribution in [0.2, 0.25) is 0 Å². The fourth-order valence-electron chi connectivity index (χ4n) is 3.14. The van der Waals surface area contributed by atoms with Crippen molar-refractivity contribution in [2.24, 2.45) is 0 Å². The zero-order valence-electron chi connectivity index (χ0n) is 16.6. The minimum absolute atomic E-state index is 0.0590. The summed E-state index contributed by atoms with van der Waals surface area (Å²) in [5, 5.41) is 2.85. The fourth-order valence-corrected chi connectivity index (χ4v) is 3.14. The SMILES string of the molecule is Cc1cccc(OC(C)C(=O)Nc2ccccc2C(=O)N2CCN(C)CC2)c1. The van der Waals surface area contributed by atoms with E-state index in [-0.39, 0.29) is 11.8 Å². The van der Waals surface area contributed by atoms with Crippen LogP contribution in [0.3, 0.4) is 0 Å². The maximum Gasteiger partial charge on any atom is 0.265 e. The van der Waals surface area contributed by atoms with Gasteiger partial charge in [-0.15, -0.1) is 0 Å². The molecule has 1 atom stereocenters. The summed E-state index contributed by atoms with van der Waals surface area (Å²) in [5.41, 5.74) is 2.08. The second-order valence-electron chi connectivity index (χ2n) is 7.21. The lowest BCUT2D eigenvalue weighted by Gasteiger charge is -2.32. The van der Waals surface area contributed by atoms with E-state index in [4.69, 9.17) is 4.74 Å². The Balaban J connectivity index is 1.68. The minimum atomic E-state index is -0.686. The lowest BCUT2D eigenvalue weighted by molar-refractivity contribution is -0.122. The second-order valence-corrected chi connectivity index (χ2v) is 7.21. The highest BCUT2D eigenvalue weighted by Crippen LogP contribution is 2.20. The molecule has 1 fully saturated rings. The van der Waals surface area contributed by atoms with Crippen molar-refractivity contribution in [1.29, 1.82) is 0 Å². The minimum Gasteiger partial charge on any atom is -0.481 e. The zero-order valence-corrected chi connectivity index (χ0v) is 16.6. The maximum absolute atomic E-state index is 12.9. The van der Waals surface area contributed by atoms with E-state index in [1.165, 1.54) is 0 Å². The summed E-state index contributed by atoms with van der Waals surface area (Å²) < 4.78 is 5.74. The third kappa shape index (κ3) is 4.89. The van der Waals surface area contributed by atoms with Gasteiger partial charge in [0.05, 0.1) is 11.3 Å². The number of nitrogens with zero attached hydrogens (tertiary/aromatic N) is 2. The highest BCUT2D eigenvalue weighted by atomic mass is 16.5. The van der Waals surface area contributed by atoms with Crippen molar-refractivity contribution in [3.63, 3.8) is 0 Å². The number of nitrogens with one attached hydrogen (secondary N) is 1. The van der Waals surface area contributed by atoms with Crippen LogP contribution in [-0.4, -0.2) is 60.9 Å². The van der Waals surface area contributed by atoms with Crippen LogP contribution < -0.4 is 10.1 Å². The van der Waals surface area contributed by atoms with Crippen LogP contribution in [0.5, 0.6) is 5.75 Å². The molecule has 28 heavy (non-hydrogen) atoms. The van der Waals surface area contributed by atoms with Gasteiger partial charge in [0, 0.05) is 26.2 Å². The molecule has 1 N–H and O–H groups in total. The summed E-state index contributed by atoms with van der Waals surface area (Å²) in [6.45, 7) is 6.73. The van der Waals surface area contributed by atoms with Gasteiger partial charge in [0.15, 0.2) is 6.10 Å². The molecule has 0 spiro atoms. The molecule has 1 heterocycles. The first-order valence-electron chi connectivity index (χ1n) is 9.55. The van der Waals surface area contributed by atoms with Crippen LogP contribution in [0.1, 0.15) is 22.8 Å². The maximum atomic E-state index is 12.9. The van der Waals surface area contributed by atoms with Gasteiger partial charge in [0.2, 0.25) is 0 Å². The number of hydrogen-bond donors (Lipinski definition) is 1. The van der Waals surface area contributed by atoms with Gasteiger partial charge in [-0.05, 0) is 50.7 Å². The van der Waals surface area contributed by atoms with Crippen LogP contribution >= 0.6 is 0 Å². The van der Waals surface area contributed by atoms with Crippen LogP contribution in [0.25, 0.3) is 0 Å². The Morgan fingerprint density at radius 1 is 1.04 bits per heavy atom. The van der Waals surface area contributed by atoms with Crippen molar-refractivity contribution < 1.29 is 14.3 Å². The van der Waals surface area contributed by atoms with E-state index in [1.807, 2.05) is 55.3 Å². The van der Waals surface area contributed by atoms with E-state index in [2.05, 4.69) is 10.2 Å². The zero-order chi connectivity index (χ0) is 20.1. The Labute approximate surface area is 166 Å². The van der Waals surface area contributed by atoms with Gasteiger partial charge >= 0.3 is 0 Å². The van der Waals surface area contributed by atoms with Crippen LogP contribution in [-0.2, 0) is 4.79 Å². The number of ether oxygens (including phenoxy) is 1. The average molecular weight is 381 g/mol. The van der Waals surface area contributed by atoms with Gasteiger partial charge < -0.3 is 19.9 Å². The number of aryl methyl sites for hydroxylation is 1. The Hall–Kier alpha value is -2.86. The van der Waals surface area contributed by atoms with Gasteiger partial charge in [-0.2, -0.15) is 0 Å². The topological polar surface area (TPSA) is 61.9 Å². The van der Waals surface area contributed by atoms with Gasteiger partial charge in [-0.3, -0.25) is 9.59 Å². The molecule has 0 bridgehead atoms. The lowest BCUT2D eigenvalue weighted by Crippen LogP contribution is -2.47. The first kappa shape index (κ1) is 19.9. The molecule has 0 saturated carbocycles. The quantitative estimate of drug-likeness (QED) is 0.865. The van der Waals surface area contributed by atoms with E-state index in [9.17, 15) is 9.59 Å². The third-order valence-corrected chi connectivity index (χ3v) is 4.88. The lowest BCUT2D eigenvalue weighted by atomic mass is 10.1. The van der Waals surface area contributed by atoms with Crippen LogP contribution in [0.4, 0.5) is 5.69 Å². The number of amides is 2. The number of rotatable bonds is 5. The summed E-state index contributed by atoms with van der Waals surface area (Å²) in [4.78, 5) is 29.6. The number of likely N-dealkylation sites (N-methyl/N-ethyl adjacent to an activating group) is 1. The van der Waals surface area contributed by atoms with Crippen molar-refractivity contribution in [3.8, 4) is 5.75 Å². The van der Waals surface area contributed by atoms with Gasteiger partial charge in [-0.25, -0.2) is 0 Å². The van der Waals surface area contributed by atoms with E-state index < -0.39 is 6.10 Å². The highest BCUT2D eigenvalue weighted by molar-refractivity contribution is 6.04. The van der Waals surface area contributed by atoms with Crippen LogP contribution in [0.15, 0.2) is 48.5 Å². The molecule has 2 aromatic rings. The molecule has 3 rings (SSSR count). The smallest absolute Gasteiger partial charge is 0.265 e. The Morgan fingerprint density at radius 3 is 2.46 bits per heavy atom. The summed E-state index contributed by atoms with van der Waals surface area (Å²) in [5.74, 6) is 0.292. The fraction of sp³-hybridized carbons (Fsp3) is 0.364. The van der Waals surface area contributed by atoms with E-state index in [0.29, 0.717) is 30.1 Å². The molecule has 1 saturated heterocycles. The second kappa shape index (κ2) is 8.89. The number of carbonyl (C=O) groups is 2. The first-order valence-corrected chi connectivity index (χ1v) is 9.55. The van der Waals surface area contributed by atoms with Gasteiger partial charge in [-0.1, -0.05) is 24.3 Å². The molecule has 2 aromatic carbocycles. The van der Waals surface area contributed by atoms with Crippen molar-refractivity contribution in [1.82, 2.24) is 9.80 Å². The number of anilines is 1. The molecular formula is C22H27N3O3. The van der Waals surface area contributed by atoms with Crippen molar-refractivity contribution >= 4 is 17.5 Å². The molecule has 6 heteroatoms. The summed E-state index contributed by atoms with van der Waals surface area (Å²) in [7, 11) is 2.05. The molecule has 1 unspecified atom stereocenters. The predicted octanol–water partition coefficient (Wildman–Crippen LogP) is 2.79. The third-order valence-electron chi connectivity index (χ3n) is 4.88. The molecule has 0 aromatic heterocycles. The average Bonchev–Trinajstić information content (AvgIpc) is 2.68. The Bertz CT molecular complexity index is 844. The number of benzene rings is 2. The Morgan fingerprint density at radius 2 is 1.75 bits per heavy atom. The van der Waals surface area contributed by atoms with Crippen molar-refractivity contribution in [2.45, 2.75) is 20.0 Å². The van der Waals surface area contributed by atoms with Crippen molar-refractivity contribution in [3.05, 3.63) is 59.7 Å². The van der Waals surface area contributed by atoms with Crippen LogP contribution in [0, 0.1) is 6.92 Å². The number of piperazine rings is 1. The number of para-hydroxylation sites is 1. The molecule has 1 aliphatic heterocycles. The highest BCUT2D eigenvalue weighted by Gasteiger charge is 2.24. The van der Waals surface area contributed by atoms with E-state index >= 15 is 0 Å². The summed E-state index contributed by atoms with van der Waals surface area (Å²) >= 11 is 0. The number of hydrogen-bond acceptors (Lipinski definition) is 4. The standard InChI is InChI=1S/C22H27N3O3/c1-16-7-6-8-18(15-16)28-17(2)21(26)23-20-10-5-4-9-19(20)22(27)25-13-11-24(3)12-14-25/h4-10,15,17H,11-14H2,1-3H3,(H,23,26). The molecule has 2 amide bonds. The summed E-state index contributed by atoms with van der Waals surface area (Å²) in [6.07, 6.45) is -0.686. The largest absolute Gasteiger partial charge is 0.481 e. The number of carbonyl (C=O) groups excluding carboxylic acids is 2. The Kier molecular flexibility index (Phi) is 6.31. The van der Waals surface area contributed by atoms with E-state index in [0.717, 1.165) is 18.7 Å². The molecule has 6 nitrogen and oxygen atoms in total. The first-order chi connectivity index (χ1) is 13.4. The van der Waals surface area contributed by atoms with Gasteiger partial charge in [0.25, 0.3) is 11.8 Å². The van der Waals surface area contributed by atoms with Gasteiger partial charge in [0.1, 0.15) is 5.75 Å². The normalized spacial score (nSPS) is 15.8. The summed E-state index contributed by atoms with van der Waals surface area (Å²) in [6, 6.07) is 14.7. The molecule has 1 aliphatic rings. The molecule has 0 radical (unpaired) electrons.